The molecule has 1 amide bonds. The number of hydrogen-bond acceptors (Lipinski definition) is 2. The molecule has 0 bridgehead atoms. The standard InChI is InChI=1S/C20H20N2O2/c23-18-13-15-6-1-3-7-16(15)20(18)21-19(24)10-12-22-11-9-14-5-2-4-8-17(14)22/h1-9,11,18,20,23H,10,12-13H2,(H,21,24). The molecular formula is C20H20N2O2. The number of nitrogens with zero attached hydrogens (tertiary/aromatic N) is 1. The Morgan fingerprint density at radius 3 is 2.83 bits per heavy atom. The van der Waals surface area contributed by atoms with Crippen LogP contribution in [0.3, 0.4) is 0 Å². The number of fused-ring (bicyclic) bond motifs is 2. The van der Waals surface area contributed by atoms with Gasteiger partial charge in [0.25, 0.3) is 0 Å². The van der Waals surface area contributed by atoms with Crippen molar-refractivity contribution >= 4 is 16.8 Å². The van der Waals surface area contributed by atoms with Crippen LogP contribution < -0.4 is 5.32 Å². The summed E-state index contributed by atoms with van der Waals surface area (Å²) in [5.41, 5.74) is 3.29. The third-order valence-electron chi connectivity index (χ3n) is 4.78. The molecule has 1 heterocycles. The number of para-hydroxylation sites is 1. The molecule has 2 atom stereocenters. The van der Waals surface area contributed by atoms with Crippen LogP contribution in [0.15, 0.2) is 60.8 Å². The van der Waals surface area contributed by atoms with E-state index in [1.165, 1.54) is 5.39 Å². The Hall–Kier alpha value is -2.59. The van der Waals surface area contributed by atoms with E-state index in [9.17, 15) is 9.90 Å². The first-order valence-corrected chi connectivity index (χ1v) is 8.31. The summed E-state index contributed by atoms with van der Waals surface area (Å²) in [4.78, 5) is 12.4. The van der Waals surface area contributed by atoms with E-state index in [0.717, 1.165) is 16.6 Å². The minimum absolute atomic E-state index is 0.0338. The fourth-order valence-electron chi connectivity index (χ4n) is 3.55. The second-order valence-corrected chi connectivity index (χ2v) is 6.33. The van der Waals surface area contributed by atoms with Crippen LogP contribution in [0.5, 0.6) is 0 Å². The highest BCUT2D eigenvalue weighted by molar-refractivity contribution is 5.80. The van der Waals surface area contributed by atoms with Gasteiger partial charge in [-0.2, -0.15) is 0 Å². The molecule has 0 saturated heterocycles. The number of nitrogens with one attached hydrogen (secondary N) is 1. The van der Waals surface area contributed by atoms with E-state index in [4.69, 9.17) is 0 Å². The van der Waals surface area contributed by atoms with Gasteiger partial charge < -0.3 is 15.0 Å². The molecular weight excluding hydrogens is 300 g/mol. The van der Waals surface area contributed by atoms with E-state index >= 15 is 0 Å². The van der Waals surface area contributed by atoms with Gasteiger partial charge in [0.05, 0.1) is 12.1 Å². The number of amides is 1. The summed E-state index contributed by atoms with van der Waals surface area (Å²) in [5, 5.41) is 14.4. The van der Waals surface area contributed by atoms with Crippen molar-refractivity contribution in [1.29, 1.82) is 0 Å². The van der Waals surface area contributed by atoms with Crippen molar-refractivity contribution in [2.75, 3.05) is 0 Å². The Morgan fingerprint density at radius 1 is 1.12 bits per heavy atom. The molecule has 0 radical (unpaired) electrons. The van der Waals surface area contributed by atoms with Crippen LogP contribution >= 0.6 is 0 Å². The number of carbonyl (C=O) groups is 1. The largest absolute Gasteiger partial charge is 0.390 e. The maximum Gasteiger partial charge on any atom is 0.222 e. The predicted octanol–water partition coefficient (Wildman–Crippen LogP) is 2.81. The van der Waals surface area contributed by atoms with Crippen molar-refractivity contribution in [3.63, 3.8) is 0 Å². The predicted molar refractivity (Wildman–Crippen MR) is 93.6 cm³/mol. The van der Waals surface area contributed by atoms with Gasteiger partial charge in [0, 0.05) is 31.1 Å². The van der Waals surface area contributed by atoms with Crippen LogP contribution in [-0.4, -0.2) is 21.7 Å². The first-order chi connectivity index (χ1) is 11.7. The third-order valence-corrected chi connectivity index (χ3v) is 4.78. The van der Waals surface area contributed by atoms with Gasteiger partial charge in [0.2, 0.25) is 5.91 Å². The van der Waals surface area contributed by atoms with E-state index in [0.29, 0.717) is 19.4 Å². The molecule has 3 aromatic rings. The summed E-state index contributed by atoms with van der Waals surface area (Å²) in [6.07, 6.45) is 2.46. The monoisotopic (exact) mass is 320 g/mol. The number of aliphatic hydroxyl groups is 1. The zero-order valence-electron chi connectivity index (χ0n) is 13.4. The van der Waals surface area contributed by atoms with E-state index in [-0.39, 0.29) is 11.9 Å². The van der Waals surface area contributed by atoms with Gasteiger partial charge >= 0.3 is 0 Å². The van der Waals surface area contributed by atoms with Crippen LogP contribution in [0.25, 0.3) is 10.9 Å². The summed E-state index contributed by atoms with van der Waals surface area (Å²) in [6, 6.07) is 17.8. The van der Waals surface area contributed by atoms with E-state index < -0.39 is 6.10 Å². The minimum atomic E-state index is -0.543. The number of rotatable bonds is 4. The molecule has 0 saturated carbocycles. The molecule has 4 heteroatoms. The van der Waals surface area contributed by atoms with Crippen molar-refractivity contribution in [2.45, 2.75) is 31.5 Å². The first kappa shape index (κ1) is 15.0. The van der Waals surface area contributed by atoms with Crippen molar-refractivity contribution in [3.05, 3.63) is 71.9 Å². The van der Waals surface area contributed by atoms with Gasteiger partial charge in [-0.1, -0.05) is 42.5 Å². The molecule has 2 unspecified atom stereocenters. The van der Waals surface area contributed by atoms with Crippen LogP contribution in [-0.2, 0) is 17.8 Å². The topological polar surface area (TPSA) is 54.3 Å². The molecule has 2 aromatic carbocycles. The average Bonchev–Trinajstić information content (AvgIpc) is 3.15. The molecule has 122 valence electrons. The van der Waals surface area contributed by atoms with Crippen molar-refractivity contribution in [1.82, 2.24) is 9.88 Å². The fourth-order valence-corrected chi connectivity index (χ4v) is 3.55. The van der Waals surface area contributed by atoms with Crippen molar-refractivity contribution in [3.8, 4) is 0 Å². The third kappa shape index (κ3) is 2.69. The summed E-state index contributed by atoms with van der Waals surface area (Å²) in [6.45, 7) is 0.629. The Kier molecular flexibility index (Phi) is 3.82. The fraction of sp³-hybridized carbons (Fsp3) is 0.250. The van der Waals surface area contributed by atoms with Gasteiger partial charge in [-0.15, -0.1) is 0 Å². The smallest absolute Gasteiger partial charge is 0.222 e. The molecule has 24 heavy (non-hydrogen) atoms. The van der Waals surface area contributed by atoms with Gasteiger partial charge in [-0.3, -0.25) is 4.79 Å². The second-order valence-electron chi connectivity index (χ2n) is 6.33. The first-order valence-electron chi connectivity index (χ1n) is 8.31. The lowest BCUT2D eigenvalue weighted by molar-refractivity contribution is -0.122. The van der Waals surface area contributed by atoms with Crippen LogP contribution in [0.2, 0.25) is 0 Å². The molecule has 1 aliphatic carbocycles. The molecule has 0 fully saturated rings. The van der Waals surface area contributed by atoms with Gasteiger partial charge in [0.15, 0.2) is 0 Å². The molecule has 2 N–H and O–H groups in total. The highest BCUT2D eigenvalue weighted by atomic mass is 16.3. The lowest BCUT2D eigenvalue weighted by Crippen LogP contribution is -2.34. The lowest BCUT2D eigenvalue weighted by atomic mass is 10.1. The molecule has 0 aliphatic heterocycles. The highest BCUT2D eigenvalue weighted by Crippen LogP contribution is 2.31. The Morgan fingerprint density at radius 2 is 1.92 bits per heavy atom. The molecule has 4 rings (SSSR count). The Labute approximate surface area is 140 Å². The summed E-state index contributed by atoms with van der Waals surface area (Å²) in [7, 11) is 0. The van der Waals surface area contributed by atoms with E-state index in [1.807, 2.05) is 42.6 Å². The van der Waals surface area contributed by atoms with Crippen molar-refractivity contribution < 1.29 is 9.90 Å². The molecule has 1 aliphatic rings. The SMILES string of the molecule is O=C(CCn1ccc2ccccc21)NC1c2ccccc2CC1O. The number of hydrogen-bond donors (Lipinski definition) is 2. The maximum atomic E-state index is 12.4. The van der Waals surface area contributed by atoms with Crippen LogP contribution in [0, 0.1) is 0 Å². The summed E-state index contributed by atoms with van der Waals surface area (Å²) < 4.78 is 2.09. The number of aliphatic hydroxyl groups excluding tert-OH is 1. The lowest BCUT2D eigenvalue weighted by Gasteiger charge is -2.18. The summed E-state index contributed by atoms with van der Waals surface area (Å²) in [5.74, 6) is -0.0338. The van der Waals surface area contributed by atoms with Gasteiger partial charge in [0.1, 0.15) is 0 Å². The average molecular weight is 320 g/mol. The second kappa shape index (κ2) is 6.13. The highest BCUT2D eigenvalue weighted by Gasteiger charge is 2.31. The maximum absolute atomic E-state index is 12.4. The van der Waals surface area contributed by atoms with E-state index in [1.54, 1.807) is 0 Å². The molecule has 1 aromatic heterocycles. The normalized spacial score (nSPS) is 19.4. The number of benzene rings is 2. The van der Waals surface area contributed by atoms with Gasteiger partial charge in [-0.05, 0) is 28.6 Å². The summed E-state index contributed by atoms with van der Waals surface area (Å²) >= 11 is 0. The minimum Gasteiger partial charge on any atom is -0.390 e. The number of aromatic nitrogens is 1. The Bertz CT molecular complexity index is 884. The van der Waals surface area contributed by atoms with E-state index in [2.05, 4.69) is 28.1 Å². The molecule has 0 spiro atoms. The van der Waals surface area contributed by atoms with Crippen LogP contribution in [0.1, 0.15) is 23.6 Å². The number of carbonyl (C=O) groups excluding carboxylic acids is 1. The zero-order chi connectivity index (χ0) is 16.5. The molecule has 4 nitrogen and oxygen atoms in total. The van der Waals surface area contributed by atoms with Gasteiger partial charge in [-0.25, -0.2) is 0 Å². The number of aryl methyl sites for hydroxylation is 1. The quantitative estimate of drug-likeness (QED) is 0.777. The zero-order valence-corrected chi connectivity index (χ0v) is 13.4. The Balaban J connectivity index is 1.42. The van der Waals surface area contributed by atoms with Crippen molar-refractivity contribution in [2.24, 2.45) is 0 Å². The van der Waals surface area contributed by atoms with Crippen LogP contribution in [0.4, 0.5) is 0 Å².